The highest BCUT2D eigenvalue weighted by atomic mass is 16.6. The van der Waals surface area contributed by atoms with Crippen LogP contribution in [0.3, 0.4) is 0 Å². The van der Waals surface area contributed by atoms with Crippen molar-refractivity contribution >= 4 is 17.9 Å². The van der Waals surface area contributed by atoms with Crippen molar-refractivity contribution in [2.45, 2.75) is 85.4 Å². The van der Waals surface area contributed by atoms with Crippen molar-refractivity contribution in [3.8, 4) is 0 Å². The van der Waals surface area contributed by atoms with E-state index < -0.39 is 23.8 Å². The number of nitrogens with zero attached hydrogens (tertiary/aromatic N) is 1. The summed E-state index contributed by atoms with van der Waals surface area (Å²) in [6.07, 6.45) is 3.38. The fourth-order valence-electron chi connectivity index (χ4n) is 3.46. The molecule has 7 nitrogen and oxygen atoms in total. The van der Waals surface area contributed by atoms with Gasteiger partial charge in [0.05, 0.1) is 0 Å². The molecule has 0 fully saturated rings. The summed E-state index contributed by atoms with van der Waals surface area (Å²) in [6.45, 7) is 17.7. The Hall–Kier alpha value is -2.83. The van der Waals surface area contributed by atoms with Gasteiger partial charge in [-0.2, -0.15) is 0 Å². The van der Waals surface area contributed by atoms with Gasteiger partial charge in [-0.05, 0) is 45.6 Å². The van der Waals surface area contributed by atoms with E-state index >= 15 is 0 Å². The van der Waals surface area contributed by atoms with E-state index in [1.807, 2.05) is 45.0 Å². The first-order valence-corrected chi connectivity index (χ1v) is 12.2. The summed E-state index contributed by atoms with van der Waals surface area (Å²) in [4.78, 5) is 41.3. The fraction of sp³-hybridized carbons (Fsp3) is 0.593. The predicted octanol–water partition coefficient (Wildman–Crippen LogP) is 4.91. The van der Waals surface area contributed by atoms with Gasteiger partial charge in [0.1, 0.15) is 17.7 Å². The van der Waals surface area contributed by atoms with Crippen LogP contribution >= 0.6 is 0 Å². The Morgan fingerprint density at radius 2 is 1.76 bits per heavy atom. The molecule has 0 aromatic heterocycles. The van der Waals surface area contributed by atoms with Crippen molar-refractivity contribution in [2.75, 3.05) is 13.1 Å². The molecule has 34 heavy (non-hydrogen) atoms. The second-order valence-electron chi connectivity index (χ2n) is 9.75. The van der Waals surface area contributed by atoms with Crippen LogP contribution in [0.1, 0.15) is 78.0 Å². The molecule has 190 valence electrons. The maximum atomic E-state index is 13.9. The molecule has 0 spiro atoms. The number of rotatable bonds is 12. The highest BCUT2D eigenvalue weighted by molar-refractivity contribution is 5.92. The lowest BCUT2D eigenvalue weighted by Gasteiger charge is -2.35. The summed E-state index contributed by atoms with van der Waals surface area (Å²) in [6, 6.07) is 5.86. The first-order valence-electron chi connectivity index (χ1n) is 12.2. The highest BCUT2D eigenvalue weighted by Gasteiger charge is 2.37. The van der Waals surface area contributed by atoms with Crippen LogP contribution in [0.4, 0.5) is 4.79 Å². The number of benzene rings is 1. The Morgan fingerprint density at radius 1 is 1.15 bits per heavy atom. The molecule has 0 heterocycles. The zero-order valence-electron chi connectivity index (χ0n) is 21.9. The van der Waals surface area contributed by atoms with Crippen LogP contribution in [0.2, 0.25) is 0 Å². The van der Waals surface area contributed by atoms with Gasteiger partial charge in [-0.25, -0.2) is 4.79 Å². The zero-order valence-corrected chi connectivity index (χ0v) is 21.9. The van der Waals surface area contributed by atoms with Crippen molar-refractivity contribution in [3.63, 3.8) is 0 Å². The number of hydrogen-bond donors (Lipinski definition) is 2. The molecule has 0 aliphatic heterocycles. The lowest BCUT2D eigenvalue weighted by Crippen LogP contribution is -2.55. The zero-order chi connectivity index (χ0) is 25.9. The molecule has 1 aromatic carbocycles. The van der Waals surface area contributed by atoms with Crippen LogP contribution in [0.25, 0.3) is 0 Å². The van der Waals surface area contributed by atoms with E-state index in [-0.39, 0.29) is 24.3 Å². The SMILES string of the molecule is C=CCN(C(=O)C(NC(=O)OC(C)(C)C)C(C)CC)C(C(=O)NCCCC)c1ccc(C)cc1. The maximum Gasteiger partial charge on any atom is 0.408 e. The van der Waals surface area contributed by atoms with E-state index in [1.54, 1.807) is 26.8 Å². The van der Waals surface area contributed by atoms with E-state index in [0.29, 0.717) is 18.5 Å². The molecule has 0 radical (unpaired) electrons. The summed E-state index contributed by atoms with van der Waals surface area (Å²) in [5.74, 6) is -0.779. The van der Waals surface area contributed by atoms with Gasteiger partial charge in [0, 0.05) is 13.1 Å². The molecular weight excluding hydrogens is 430 g/mol. The third-order valence-corrected chi connectivity index (χ3v) is 5.54. The third kappa shape index (κ3) is 9.20. The molecule has 3 atom stereocenters. The summed E-state index contributed by atoms with van der Waals surface area (Å²) in [7, 11) is 0. The normalized spacial score (nSPS) is 13.9. The standard InChI is InChI=1S/C27H43N3O4/c1-9-12-17-28-24(31)23(21-15-13-19(4)14-16-21)30(18-10-2)25(32)22(20(5)11-3)29-26(33)34-27(6,7)8/h10,13-16,20,22-23H,2,9,11-12,17-18H2,1,3-8H3,(H,28,31)(H,29,33). The summed E-state index contributed by atoms with van der Waals surface area (Å²) in [5, 5.41) is 5.72. The van der Waals surface area contributed by atoms with E-state index in [2.05, 4.69) is 24.1 Å². The van der Waals surface area contributed by atoms with Crippen molar-refractivity contribution in [3.05, 3.63) is 48.0 Å². The minimum atomic E-state index is -0.852. The van der Waals surface area contributed by atoms with E-state index in [9.17, 15) is 14.4 Å². The minimum absolute atomic E-state index is 0.154. The molecule has 3 unspecified atom stereocenters. The Morgan fingerprint density at radius 3 is 2.26 bits per heavy atom. The topological polar surface area (TPSA) is 87.7 Å². The number of unbranched alkanes of at least 4 members (excludes halogenated alkanes) is 1. The molecule has 0 aliphatic rings. The van der Waals surface area contributed by atoms with E-state index in [1.165, 1.54) is 4.90 Å². The van der Waals surface area contributed by atoms with Crippen LogP contribution < -0.4 is 10.6 Å². The fourth-order valence-corrected chi connectivity index (χ4v) is 3.46. The quantitative estimate of drug-likeness (QED) is 0.334. The van der Waals surface area contributed by atoms with Crippen LogP contribution in [-0.4, -0.2) is 47.5 Å². The molecule has 0 bridgehead atoms. The number of hydrogen-bond acceptors (Lipinski definition) is 4. The first-order chi connectivity index (χ1) is 15.9. The Kier molecular flexibility index (Phi) is 11.8. The van der Waals surface area contributed by atoms with Crippen LogP contribution in [-0.2, 0) is 14.3 Å². The average molecular weight is 474 g/mol. The number of carbonyl (C=O) groups excluding carboxylic acids is 3. The average Bonchev–Trinajstić information content (AvgIpc) is 2.76. The second kappa shape index (κ2) is 13.8. The predicted molar refractivity (Wildman–Crippen MR) is 136 cm³/mol. The summed E-state index contributed by atoms with van der Waals surface area (Å²) in [5.41, 5.74) is 1.06. The van der Waals surface area contributed by atoms with Gasteiger partial charge in [0.2, 0.25) is 11.8 Å². The number of nitrogens with one attached hydrogen (secondary N) is 2. The second-order valence-corrected chi connectivity index (χ2v) is 9.75. The lowest BCUT2D eigenvalue weighted by molar-refractivity contribution is -0.142. The summed E-state index contributed by atoms with van der Waals surface area (Å²) >= 11 is 0. The number of carbonyl (C=O) groups is 3. The van der Waals surface area contributed by atoms with Crippen molar-refractivity contribution < 1.29 is 19.1 Å². The third-order valence-electron chi connectivity index (χ3n) is 5.54. The van der Waals surface area contributed by atoms with Gasteiger partial charge < -0.3 is 20.3 Å². The van der Waals surface area contributed by atoms with Gasteiger partial charge in [-0.3, -0.25) is 9.59 Å². The Bertz CT molecular complexity index is 814. The van der Waals surface area contributed by atoms with Gasteiger partial charge in [0.15, 0.2) is 0 Å². The van der Waals surface area contributed by atoms with E-state index in [4.69, 9.17) is 4.74 Å². The molecule has 0 saturated carbocycles. The number of aryl methyl sites for hydroxylation is 1. The molecule has 3 amide bonds. The molecule has 2 N–H and O–H groups in total. The first kappa shape index (κ1) is 29.2. The van der Waals surface area contributed by atoms with Crippen molar-refractivity contribution in [2.24, 2.45) is 5.92 Å². The molecular formula is C27H43N3O4. The number of ether oxygens (including phenoxy) is 1. The van der Waals surface area contributed by atoms with Crippen molar-refractivity contribution in [1.29, 1.82) is 0 Å². The largest absolute Gasteiger partial charge is 0.444 e. The Balaban J connectivity index is 3.39. The lowest BCUT2D eigenvalue weighted by atomic mass is 9.95. The minimum Gasteiger partial charge on any atom is -0.444 e. The van der Waals surface area contributed by atoms with Gasteiger partial charge in [0.25, 0.3) is 0 Å². The van der Waals surface area contributed by atoms with Crippen molar-refractivity contribution in [1.82, 2.24) is 15.5 Å². The Labute approximate surface area is 205 Å². The number of amides is 3. The molecule has 7 heteroatoms. The van der Waals surface area contributed by atoms with Crippen LogP contribution in [0, 0.1) is 12.8 Å². The molecule has 0 saturated heterocycles. The van der Waals surface area contributed by atoms with Crippen LogP contribution in [0.15, 0.2) is 36.9 Å². The van der Waals surface area contributed by atoms with Gasteiger partial charge in [-0.1, -0.05) is 69.5 Å². The highest BCUT2D eigenvalue weighted by Crippen LogP contribution is 2.25. The van der Waals surface area contributed by atoms with Crippen LogP contribution in [0.5, 0.6) is 0 Å². The number of alkyl carbamates (subject to hydrolysis) is 1. The smallest absolute Gasteiger partial charge is 0.408 e. The maximum absolute atomic E-state index is 13.9. The molecule has 1 aromatic rings. The van der Waals surface area contributed by atoms with E-state index in [0.717, 1.165) is 18.4 Å². The molecule has 1 rings (SSSR count). The van der Waals surface area contributed by atoms with Gasteiger partial charge >= 0.3 is 6.09 Å². The monoisotopic (exact) mass is 473 g/mol. The summed E-state index contributed by atoms with van der Waals surface area (Å²) < 4.78 is 5.40. The van der Waals surface area contributed by atoms with Gasteiger partial charge in [-0.15, -0.1) is 6.58 Å². The molecule has 0 aliphatic carbocycles.